The minimum Gasteiger partial charge on any atom is -0.462 e. The summed E-state index contributed by atoms with van der Waals surface area (Å²) in [5, 5.41) is 0. The van der Waals surface area contributed by atoms with Gasteiger partial charge in [0.1, 0.15) is 0 Å². The molecule has 0 amide bonds. The van der Waals surface area contributed by atoms with Crippen LogP contribution in [-0.4, -0.2) is 38.4 Å². The molecule has 0 aromatic heterocycles. The highest BCUT2D eigenvalue weighted by Gasteiger charge is 2.08. The van der Waals surface area contributed by atoms with Crippen LogP contribution in [0.1, 0.15) is 53.4 Å². The Morgan fingerprint density at radius 3 is 1.36 bits per heavy atom. The number of carbonyl (C=O) groups excluding carboxylic acids is 2. The lowest BCUT2D eigenvalue weighted by Crippen LogP contribution is -2.12. The van der Waals surface area contributed by atoms with Crippen molar-refractivity contribution in [3.8, 4) is 0 Å². The predicted octanol–water partition coefficient (Wildman–Crippen LogP) is 4.07. The highest BCUT2D eigenvalue weighted by Crippen LogP contribution is 2.11. The summed E-state index contributed by atoms with van der Waals surface area (Å²) in [6.45, 7) is 16.9. The van der Waals surface area contributed by atoms with Crippen LogP contribution in [-0.2, 0) is 23.8 Å². The van der Waals surface area contributed by atoms with Crippen molar-refractivity contribution in [3.05, 3.63) is 24.3 Å². The van der Waals surface area contributed by atoms with Gasteiger partial charge in [-0.3, -0.25) is 0 Å². The van der Waals surface area contributed by atoms with Crippen molar-refractivity contribution in [2.75, 3.05) is 26.4 Å². The zero-order chi connectivity index (χ0) is 19.2. The SMILES string of the molecule is C=C(C)C(=O)OCCC(C)CCOCCC(C)CCOC(=O)C(=C)C. The molecule has 5 heteroatoms. The van der Waals surface area contributed by atoms with Crippen molar-refractivity contribution < 1.29 is 23.8 Å². The summed E-state index contributed by atoms with van der Waals surface area (Å²) < 4.78 is 15.8. The van der Waals surface area contributed by atoms with Crippen molar-refractivity contribution in [2.45, 2.75) is 53.4 Å². The second-order valence-corrected chi connectivity index (χ2v) is 6.81. The van der Waals surface area contributed by atoms with Gasteiger partial charge in [-0.05, 0) is 51.4 Å². The molecular weight excluding hydrogens is 320 g/mol. The third-order valence-electron chi connectivity index (χ3n) is 3.89. The van der Waals surface area contributed by atoms with Crippen molar-refractivity contribution in [1.29, 1.82) is 0 Å². The third kappa shape index (κ3) is 13.4. The average Bonchev–Trinajstić information content (AvgIpc) is 2.53. The molecule has 0 N–H and O–H groups in total. The molecule has 0 aliphatic rings. The molecule has 0 aromatic carbocycles. The topological polar surface area (TPSA) is 61.8 Å². The summed E-state index contributed by atoms with van der Waals surface area (Å²) in [4.78, 5) is 22.5. The van der Waals surface area contributed by atoms with E-state index in [9.17, 15) is 9.59 Å². The Labute approximate surface area is 152 Å². The van der Waals surface area contributed by atoms with E-state index < -0.39 is 0 Å². The minimum absolute atomic E-state index is 0.327. The highest BCUT2D eigenvalue weighted by atomic mass is 16.5. The Hall–Kier alpha value is -1.62. The largest absolute Gasteiger partial charge is 0.462 e. The summed E-state index contributed by atoms with van der Waals surface area (Å²) in [5.74, 6) is 0.228. The van der Waals surface area contributed by atoms with Crippen molar-refractivity contribution in [1.82, 2.24) is 0 Å². The molecule has 0 aliphatic carbocycles. The van der Waals surface area contributed by atoms with Gasteiger partial charge >= 0.3 is 11.9 Å². The number of carbonyl (C=O) groups is 2. The van der Waals surface area contributed by atoms with Gasteiger partial charge in [0.15, 0.2) is 0 Å². The second kappa shape index (κ2) is 13.6. The van der Waals surface area contributed by atoms with Crippen LogP contribution < -0.4 is 0 Å². The van der Waals surface area contributed by atoms with Gasteiger partial charge in [0, 0.05) is 24.4 Å². The average molecular weight is 354 g/mol. The predicted molar refractivity (Wildman–Crippen MR) is 99.2 cm³/mol. The molecule has 0 aliphatic heterocycles. The van der Waals surface area contributed by atoms with Crippen molar-refractivity contribution >= 4 is 11.9 Å². The molecule has 0 heterocycles. The number of hydrogen-bond donors (Lipinski definition) is 0. The molecule has 0 radical (unpaired) electrons. The molecule has 0 rings (SSSR count). The molecule has 2 atom stereocenters. The van der Waals surface area contributed by atoms with Gasteiger partial charge in [-0.2, -0.15) is 0 Å². The first kappa shape index (κ1) is 23.4. The van der Waals surface area contributed by atoms with Gasteiger partial charge in [-0.25, -0.2) is 9.59 Å². The van der Waals surface area contributed by atoms with Crippen molar-refractivity contribution in [3.63, 3.8) is 0 Å². The minimum atomic E-state index is -0.327. The number of ether oxygens (including phenoxy) is 3. The molecule has 0 aromatic rings. The first-order chi connectivity index (χ1) is 11.7. The Kier molecular flexibility index (Phi) is 12.8. The zero-order valence-corrected chi connectivity index (χ0v) is 16.3. The molecule has 0 bridgehead atoms. The lowest BCUT2D eigenvalue weighted by Gasteiger charge is -2.14. The fourth-order valence-electron chi connectivity index (χ4n) is 1.91. The lowest BCUT2D eigenvalue weighted by atomic mass is 10.0. The van der Waals surface area contributed by atoms with Gasteiger partial charge in [-0.15, -0.1) is 0 Å². The van der Waals surface area contributed by atoms with Crippen LogP contribution in [0.4, 0.5) is 0 Å². The Balaban J connectivity index is 3.55. The van der Waals surface area contributed by atoms with Gasteiger partial charge in [0.05, 0.1) is 13.2 Å². The highest BCUT2D eigenvalue weighted by molar-refractivity contribution is 5.87. The van der Waals surface area contributed by atoms with Crippen LogP contribution in [0.2, 0.25) is 0 Å². The summed E-state index contributed by atoms with van der Waals surface area (Å²) in [6.07, 6.45) is 3.53. The van der Waals surface area contributed by atoms with Crippen LogP contribution >= 0.6 is 0 Å². The van der Waals surface area contributed by atoms with Gasteiger partial charge in [0.2, 0.25) is 0 Å². The van der Waals surface area contributed by atoms with E-state index in [1.165, 1.54) is 0 Å². The number of hydrogen-bond acceptors (Lipinski definition) is 5. The van der Waals surface area contributed by atoms with Crippen LogP contribution in [0.5, 0.6) is 0 Å². The molecule has 0 saturated heterocycles. The lowest BCUT2D eigenvalue weighted by molar-refractivity contribution is -0.140. The number of rotatable bonds is 14. The molecule has 144 valence electrons. The van der Waals surface area contributed by atoms with Crippen molar-refractivity contribution in [2.24, 2.45) is 11.8 Å². The Morgan fingerprint density at radius 1 is 0.720 bits per heavy atom. The number of esters is 2. The molecule has 0 fully saturated rings. The first-order valence-corrected chi connectivity index (χ1v) is 8.97. The van der Waals surface area contributed by atoms with E-state index in [0.717, 1.165) is 25.7 Å². The summed E-state index contributed by atoms with van der Waals surface area (Å²) in [7, 11) is 0. The van der Waals surface area contributed by atoms with Gasteiger partial charge in [-0.1, -0.05) is 27.0 Å². The van der Waals surface area contributed by atoms with E-state index in [-0.39, 0.29) is 11.9 Å². The fraction of sp³-hybridized carbons (Fsp3) is 0.700. The second-order valence-electron chi connectivity index (χ2n) is 6.81. The summed E-state index contributed by atoms with van der Waals surface area (Å²) in [5.41, 5.74) is 0.860. The molecular formula is C20H34O5. The summed E-state index contributed by atoms with van der Waals surface area (Å²) >= 11 is 0. The van der Waals surface area contributed by atoms with Crippen LogP contribution in [0.25, 0.3) is 0 Å². The van der Waals surface area contributed by atoms with E-state index in [4.69, 9.17) is 14.2 Å². The van der Waals surface area contributed by atoms with Gasteiger partial charge < -0.3 is 14.2 Å². The van der Waals surface area contributed by atoms with Crippen LogP contribution in [0, 0.1) is 11.8 Å². The normalized spacial score (nSPS) is 13.0. The zero-order valence-electron chi connectivity index (χ0n) is 16.3. The van der Waals surface area contributed by atoms with E-state index in [1.807, 2.05) is 0 Å². The maximum absolute atomic E-state index is 11.3. The third-order valence-corrected chi connectivity index (χ3v) is 3.89. The molecule has 25 heavy (non-hydrogen) atoms. The van der Waals surface area contributed by atoms with Crippen LogP contribution in [0.15, 0.2) is 24.3 Å². The monoisotopic (exact) mass is 354 g/mol. The first-order valence-electron chi connectivity index (χ1n) is 8.97. The molecule has 5 nitrogen and oxygen atoms in total. The van der Waals surface area contributed by atoms with Crippen LogP contribution in [0.3, 0.4) is 0 Å². The molecule has 0 spiro atoms. The van der Waals surface area contributed by atoms with E-state index in [0.29, 0.717) is 49.4 Å². The summed E-state index contributed by atoms with van der Waals surface area (Å²) in [6, 6.07) is 0. The maximum atomic E-state index is 11.3. The Morgan fingerprint density at radius 2 is 1.04 bits per heavy atom. The van der Waals surface area contributed by atoms with E-state index >= 15 is 0 Å². The Bertz CT molecular complexity index is 401. The van der Waals surface area contributed by atoms with E-state index in [2.05, 4.69) is 27.0 Å². The maximum Gasteiger partial charge on any atom is 0.333 e. The molecule has 2 unspecified atom stereocenters. The molecule has 0 saturated carbocycles. The van der Waals surface area contributed by atoms with Gasteiger partial charge in [0.25, 0.3) is 0 Å². The smallest absolute Gasteiger partial charge is 0.333 e. The van der Waals surface area contributed by atoms with E-state index in [1.54, 1.807) is 13.8 Å². The fourth-order valence-corrected chi connectivity index (χ4v) is 1.91. The quantitative estimate of drug-likeness (QED) is 0.267. The standard InChI is InChI=1S/C20H34O5/c1-15(2)19(21)24-13-9-17(5)7-11-23-12-8-18(6)10-14-25-20(22)16(3)4/h17-18H,1,3,7-14H2,2,4-6H3.